The van der Waals surface area contributed by atoms with Crippen LogP contribution < -0.4 is 5.32 Å². The van der Waals surface area contributed by atoms with Crippen molar-refractivity contribution in [3.63, 3.8) is 0 Å². The van der Waals surface area contributed by atoms with Gasteiger partial charge in [-0.2, -0.15) is 0 Å². The molecule has 2 fully saturated rings. The molecule has 1 aliphatic heterocycles. The van der Waals surface area contributed by atoms with Crippen molar-refractivity contribution >= 4 is 5.82 Å². The summed E-state index contributed by atoms with van der Waals surface area (Å²) in [5.41, 5.74) is 1.07. The molecule has 1 N–H and O–H groups in total. The molecule has 2 unspecified atom stereocenters. The lowest BCUT2D eigenvalue weighted by Crippen LogP contribution is -2.42. The summed E-state index contributed by atoms with van der Waals surface area (Å²) in [6, 6.07) is 2.84. The largest absolute Gasteiger partial charge is 0.370 e. The van der Waals surface area contributed by atoms with Crippen LogP contribution in [0, 0.1) is 12.8 Å². The van der Waals surface area contributed by atoms with Crippen LogP contribution in [0.4, 0.5) is 5.82 Å². The Morgan fingerprint density at radius 1 is 1.24 bits per heavy atom. The van der Waals surface area contributed by atoms with Gasteiger partial charge in [0, 0.05) is 24.3 Å². The van der Waals surface area contributed by atoms with Gasteiger partial charge in [-0.15, -0.1) is 0 Å². The van der Waals surface area contributed by atoms with E-state index < -0.39 is 0 Å². The lowest BCUT2D eigenvalue weighted by Gasteiger charge is -2.37. The van der Waals surface area contributed by atoms with E-state index >= 15 is 0 Å². The Kier molecular flexibility index (Phi) is 4.73. The Balaban J connectivity index is 1.70. The van der Waals surface area contributed by atoms with E-state index in [-0.39, 0.29) is 0 Å². The summed E-state index contributed by atoms with van der Waals surface area (Å²) in [4.78, 5) is 12.0. The Morgan fingerprint density at radius 2 is 2.10 bits per heavy atom. The zero-order valence-corrected chi connectivity index (χ0v) is 13.4. The van der Waals surface area contributed by atoms with Crippen LogP contribution in [0.1, 0.15) is 57.0 Å². The Bertz CT molecular complexity index is 474. The third-order valence-electron chi connectivity index (χ3n) is 4.91. The van der Waals surface area contributed by atoms with Gasteiger partial charge in [0.1, 0.15) is 11.6 Å². The molecule has 1 aromatic rings. The van der Waals surface area contributed by atoms with Gasteiger partial charge in [-0.25, -0.2) is 9.97 Å². The molecule has 0 radical (unpaired) electrons. The number of hydrogen-bond donors (Lipinski definition) is 1. The Morgan fingerprint density at radius 3 is 2.95 bits per heavy atom. The zero-order chi connectivity index (χ0) is 14.7. The van der Waals surface area contributed by atoms with E-state index in [0.717, 1.165) is 48.8 Å². The van der Waals surface area contributed by atoms with Crippen molar-refractivity contribution in [2.75, 3.05) is 18.4 Å². The fourth-order valence-electron chi connectivity index (χ4n) is 3.98. The molecule has 1 aromatic heterocycles. The first kappa shape index (κ1) is 14.8. The minimum Gasteiger partial charge on any atom is -0.370 e. The minimum atomic E-state index is 0.787. The Labute approximate surface area is 128 Å². The second-order valence-electron chi connectivity index (χ2n) is 6.61. The van der Waals surface area contributed by atoms with Gasteiger partial charge in [0.2, 0.25) is 0 Å². The molecule has 3 rings (SSSR count). The van der Waals surface area contributed by atoms with E-state index in [1.807, 2.05) is 6.07 Å². The molecule has 0 aromatic carbocycles. The number of nitrogens with zero attached hydrogens (tertiary/aromatic N) is 3. The number of anilines is 1. The van der Waals surface area contributed by atoms with Crippen LogP contribution in [-0.4, -0.2) is 34.0 Å². The number of fused-ring (bicyclic) bond motifs is 1. The van der Waals surface area contributed by atoms with Crippen LogP contribution >= 0.6 is 0 Å². The average molecular weight is 288 g/mol. The summed E-state index contributed by atoms with van der Waals surface area (Å²) in [5.74, 6) is 2.90. The molecular formula is C17H28N4. The molecule has 21 heavy (non-hydrogen) atoms. The average Bonchev–Trinajstić information content (AvgIpc) is 2.94. The number of rotatable bonds is 5. The smallest absolute Gasteiger partial charge is 0.144 e. The van der Waals surface area contributed by atoms with Crippen LogP contribution in [0.3, 0.4) is 0 Å². The standard InChI is InChI=1S/C17H28N4/c1-3-9-18-16-11-13(2)19-17(20-16)12-21-10-5-7-14-6-4-8-15(14)21/h11,14-15H,3-10,12H2,1-2H3,(H,18,19,20). The van der Waals surface area contributed by atoms with Crippen molar-refractivity contribution in [1.82, 2.24) is 14.9 Å². The molecule has 0 amide bonds. The van der Waals surface area contributed by atoms with Crippen molar-refractivity contribution in [2.24, 2.45) is 5.92 Å². The Hall–Kier alpha value is -1.16. The third kappa shape index (κ3) is 3.54. The number of hydrogen-bond acceptors (Lipinski definition) is 4. The maximum absolute atomic E-state index is 4.72. The lowest BCUT2D eigenvalue weighted by molar-refractivity contribution is 0.103. The number of nitrogens with one attached hydrogen (secondary N) is 1. The summed E-state index contributed by atoms with van der Waals surface area (Å²) < 4.78 is 0. The first-order chi connectivity index (χ1) is 10.3. The SMILES string of the molecule is CCCNc1cc(C)nc(CN2CCCC3CCCC32)n1. The molecule has 4 heteroatoms. The lowest BCUT2D eigenvalue weighted by atomic mass is 9.92. The molecule has 0 spiro atoms. The molecule has 2 aliphatic rings. The van der Waals surface area contributed by atoms with Gasteiger partial charge < -0.3 is 5.32 Å². The van der Waals surface area contributed by atoms with Crippen LogP contribution in [-0.2, 0) is 6.54 Å². The van der Waals surface area contributed by atoms with E-state index in [9.17, 15) is 0 Å². The van der Waals surface area contributed by atoms with Crippen LogP contribution in [0.2, 0.25) is 0 Å². The maximum atomic E-state index is 4.72. The van der Waals surface area contributed by atoms with Gasteiger partial charge in [0.05, 0.1) is 6.54 Å². The summed E-state index contributed by atoms with van der Waals surface area (Å²) in [7, 11) is 0. The molecule has 4 nitrogen and oxygen atoms in total. The van der Waals surface area contributed by atoms with Crippen LogP contribution in [0.5, 0.6) is 0 Å². The van der Waals surface area contributed by atoms with Crippen molar-refractivity contribution in [2.45, 2.75) is 65.0 Å². The molecule has 0 bridgehead atoms. The first-order valence-corrected chi connectivity index (χ1v) is 8.58. The summed E-state index contributed by atoms with van der Waals surface area (Å²) in [6.07, 6.45) is 8.10. The summed E-state index contributed by atoms with van der Waals surface area (Å²) >= 11 is 0. The van der Waals surface area contributed by atoms with Crippen LogP contribution in [0.15, 0.2) is 6.07 Å². The molecule has 1 saturated carbocycles. The molecule has 2 heterocycles. The van der Waals surface area contributed by atoms with Crippen molar-refractivity contribution in [3.05, 3.63) is 17.6 Å². The number of likely N-dealkylation sites (tertiary alicyclic amines) is 1. The van der Waals surface area contributed by atoms with E-state index in [1.165, 1.54) is 38.6 Å². The number of piperidine rings is 1. The van der Waals surface area contributed by atoms with Gasteiger partial charge in [-0.05, 0) is 51.5 Å². The molecule has 116 valence electrons. The molecule has 1 saturated heterocycles. The second-order valence-corrected chi connectivity index (χ2v) is 6.61. The van der Waals surface area contributed by atoms with Crippen LogP contribution in [0.25, 0.3) is 0 Å². The highest BCUT2D eigenvalue weighted by Crippen LogP contribution is 2.37. The van der Waals surface area contributed by atoms with E-state index in [0.29, 0.717) is 0 Å². The molecule has 2 atom stereocenters. The number of aromatic nitrogens is 2. The van der Waals surface area contributed by atoms with E-state index in [2.05, 4.69) is 29.0 Å². The number of aryl methyl sites for hydroxylation is 1. The van der Waals surface area contributed by atoms with Gasteiger partial charge in [0.25, 0.3) is 0 Å². The topological polar surface area (TPSA) is 41.1 Å². The third-order valence-corrected chi connectivity index (χ3v) is 4.91. The highest BCUT2D eigenvalue weighted by Gasteiger charge is 2.35. The molecule has 1 aliphatic carbocycles. The monoisotopic (exact) mass is 288 g/mol. The predicted molar refractivity (Wildman–Crippen MR) is 86.3 cm³/mol. The molecular weight excluding hydrogens is 260 g/mol. The summed E-state index contributed by atoms with van der Waals surface area (Å²) in [5, 5.41) is 3.39. The predicted octanol–water partition coefficient (Wildman–Crippen LogP) is 3.37. The minimum absolute atomic E-state index is 0.787. The van der Waals surface area contributed by atoms with Gasteiger partial charge in [-0.3, -0.25) is 4.90 Å². The fourth-order valence-corrected chi connectivity index (χ4v) is 3.98. The van der Waals surface area contributed by atoms with Crippen molar-refractivity contribution in [1.29, 1.82) is 0 Å². The van der Waals surface area contributed by atoms with Crippen molar-refractivity contribution < 1.29 is 0 Å². The van der Waals surface area contributed by atoms with Gasteiger partial charge in [-0.1, -0.05) is 13.3 Å². The summed E-state index contributed by atoms with van der Waals surface area (Å²) in [6.45, 7) is 7.36. The highest BCUT2D eigenvalue weighted by molar-refractivity contribution is 5.35. The fraction of sp³-hybridized carbons (Fsp3) is 0.765. The maximum Gasteiger partial charge on any atom is 0.144 e. The highest BCUT2D eigenvalue weighted by atomic mass is 15.2. The van der Waals surface area contributed by atoms with Crippen molar-refractivity contribution in [3.8, 4) is 0 Å². The van der Waals surface area contributed by atoms with Gasteiger partial charge in [0.15, 0.2) is 0 Å². The zero-order valence-electron chi connectivity index (χ0n) is 13.4. The quantitative estimate of drug-likeness (QED) is 0.902. The normalized spacial score (nSPS) is 25.8. The van der Waals surface area contributed by atoms with Gasteiger partial charge >= 0.3 is 0 Å². The van der Waals surface area contributed by atoms with E-state index in [4.69, 9.17) is 4.98 Å². The van der Waals surface area contributed by atoms with E-state index in [1.54, 1.807) is 0 Å². The first-order valence-electron chi connectivity index (χ1n) is 8.58. The second kappa shape index (κ2) is 6.73.